The first-order valence-corrected chi connectivity index (χ1v) is 9.44. The van der Waals surface area contributed by atoms with Gasteiger partial charge < -0.3 is 16.0 Å². The van der Waals surface area contributed by atoms with E-state index in [9.17, 15) is 4.79 Å². The van der Waals surface area contributed by atoms with Gasteiger partial charge in [-0.3, -0.25) is 9.78 Å². The highest BCUT2D eigenvalue weighted by molar-refractivity contribution is 7.81. The summed E-state index contributed by atoms with van der Waals surface area (Å²) < 4.78 is 0. The first kappa shape index (κ1) is 19.2. The molecule has 4 atom stereocenters. The standard InChI is InChI=1S/C18H30N4OS/c1-3-13(2)17(20-9-7-14-6-4-5-8-19-14)18(23)22-11-15-10-16(24)12-21-15/h4-6,8,13,15-17,20-21,24H,3,7,9-12H2,1-2H3,(H,22,23)/t13-,15?,16?,17-/m0/s1. The van der Waals surface area contributed by atoms with Crippen LogP contribution >= 0.6 is 12.6 Å². The van der Waals surface area contributed by atoms with Gasteiger partial charge in [-0.05, 0) is 24.5 Å². The van der Waals surface area contributed by atoms with E-state index in [1.807, 2.05) is 18.2 Å². The van der Waals surface area contributed by atoms with Crippen LogP contribution in [-0.2, 0) is 11.2 Å². The van der Waals surface area contributed by atoms with Crippen molar-refractivity contribution in [3.05, 3.63) is 30.1 Å². The maximum Gasteiger partial charge on any atom is 0.237 e. The summed E-state index contributed by atoms with van der Waals surface area (Å²) in [6, 6.07) is 6.09. The van der Waals surface area contributed by atoms with Crippen molar-refractivity contribution in [2.45, 2.75) is 50.4 Å². The molecule has 1 amide bonds. The molecule has 2 heterocycles. The van der Waals surface area contributed by atoms with E-state index in [-0.39, 0.29) is 11.9 Å². The molecule has 1 saturated heterocycles. The van der Waals surface area contributed by atoms with Crippen LogP contribution in [0.5, 0.6) is 0 Å². The molecule has 1 aromatic heterocycles. The summed E-state index contributed by atoms with van der Waals surface area (Å²) in [5.41, 5.74) is 1.04. The number of thiol groups is 1. The monoisotopic (exact) mass is 350 g/mol. The molecule has 0 aliphatic carbocycles. The quantitative estimate of drug-likeness (QED) is 0.509. The van der Waals surface area contributed by atoms with Crippen LogP contribution in [0.15, 0.2) is 24.4 Å². The smallest absolute Gasteiger partial charge is 0.237 e. The zero-order chi connectivity index (χ0) is 17.4. The van der Waals surface area contributed by atoms with Crippen molar-refractivity contribution in [1.82, 2.24) is 20.9 Å². The first-order chi connectivity index (χ1) is 11.6. The molecule has 1 fully saturated rings. The fourth-order valence-corrected chi connectivity index (χ4v) is 3.34. The highest BCUT2D eigenvalue weighted by Gasteiger charge is 2.26. The second-order valence-electron chi connectivity index (χ2n) is 6.63. The molecule has 2 rings (SSSR count). The van der Waals surface area contributed by atoms with Crippen molar-refractivity contribution in [2.75, 3.05) is 19.6 Å². The largest absolute Gasteiger partial charge is 0.353 e. The van der Waals surface area contributed by atoms with Crippen LogP contribution < -0.4 is 16.0 Å². The Bertz CT molecular complexity index is 499. The van der Waals surface area contributed by atoms with E-state index in [0.717, 1.165) is 38.0 Å². The van der Waals surface area contributed by atoms with Crippen LogP contribution in [-0.4, -0.2) is 47.9 Å². The summed E-state index contributed by atoms with van der Waals surface area (Å²) in [4.78, 5) is 16.9. The van der Waals surface area contributed by atoms with E-state index in [1.54, 1.807) is 6.20 Å². The Hall–Kier alpha value is -1.11. The van der Waals surface area contributed by atoms with Crippen molar-refractivity contribution in [3.8, 4) is 0 Å². The third-order valence-electron chi connectivity index (χ3n) is 4.69. The summed E-state index contributed by atoms with van der Waals surface area (Å²) in [5, 5.41) is 10.3. The topological polar surface area (TPSA) is 66.0 Å². The highest BCUT2D eigenvalue weighted by atomic mass is 32.1. The molecule has 1 aliphatic heterocycles. The number of nitrogens with one attached hydrogen (secondary N) is 3. The van der Waals surface area contributed by atoms with Crippen molar-refractivity contribution in [3.63, 3.8) is 0 Å². The van der Waals surface area contributed by atoms with Gasteiger partial charge in [-0.1, -0.05) is 26.3 Å². The summed E-state index contributed by atoms with van der Waals surface area (Å²) in [7, 11) is 0. The summed E-state index contributed by atoms with van der Waals surface area (Å²) in [6.45, 7) is 6.58. The van der Waals surface area contributed by atoms with Gasteiger partial charge in [-0.2, -0.15) is 12.6 Å². The Morgan fingerprint density at radius 1 is 1.50 bits per heavy atom. The first-order valence-electron chi connectivity index (χ1n) is 8.92. The third-order valence-corrected chi connectivity index (χ3v) is 5.08. The molecule has 134 valence electrons. The van der Waals surface area contributed by atoms with Crippen molar-refractivity contribution in [1.29, 1.82) is 0 Å². The van der Waals surface area contributed by atoms with Crippen LogP contribution in [0.1, 0.15) is 32.4 Å². The molecular formula is C18H30N4OS. The van der Waals surface area contributed by atoms with Gasteiger partial charge in [0.15, 0.2) is 0 Å². The molecule has 0 bridgehead atoms. The minimum absolute atomic E-state index is 0.0924. The lowest BCUT2D eigenvalue weighted by molar-refractivity contribution is -0.124. The second kappa shape index (κ2) is 10.0. The average molecular weight is 351 g/mol. The Morgan fingerprint density at radius 2 is 2.33 bits per heavy atom. The van der Waals surface area contributed by atoms with Gasteiger partial charge in [0.05, 0.1) is 6.04 Å². The van der Waals surface area contributed by atoms with Crippen LogP contribution in [0.4, 0.5) is 0 Å². The molecule has 0 aromatic carbocycles. The number of pyridine rings is 1. The van der Waals surface area contributed by atoms with Crippen LogP contribution in [0, 0.1) is 5.92 Å². The van der Waals surface area contributed by atoms with Crippen LogP contribution in [0.2, 0.25) is 0 Å². The Balaban J connectivity index is 1.79. The second-order valence-corrected chi connectivity index (χ2v) is 7.36. The molecule has 0 radical (unpaired) electrons. The molecule has 1 aromatic rings. The molecule has 5 nitrogen and oxygen atoms in total. The van der Waals surface area contributed by atoms with Crippen molar-refractivity contribution in [2.24, 2.45) is 5.92 Å². The van der Waals surface area contributed by atoms with Gasteiger partial charge in [-0.25, -0.2) is 0 Å². The predicted molar refractivity (Wildman–Crippen MR) is 101 cm³/mol. The number of rotatable bonds is 9. The number of nitrogens with zero attached hydrogens (tertiary/aromatic N) is 1. The van der Waals surface area contributed by atoms with E-state index in [2.05, 4.69) is 47.4 Å². The lowest BCUT2D eigenvalue weighted by Crippen LogP contribution is -2.50. The molecule has 0 spiro atoms. The summed E-state index contributed by atoms with van der Waals surface area (Å²) >= 11 is 4.47. The van der Waals surface area contributed by atoms with Gasteiger partial charge in [-0.15, -0.1) is 0 Å². The Labute approximate surface area is 150 Å². The van der Waals surface area contributed by atoms with E-state index in [1.165, 1.54) is 0 Å². The molecule has 0 saturated carbocycles. The minimum Gasteiger partial charge on any atom is -0.353 e. The normalized spacial score (nSPS) is 23.0. The third kappa shape index (κ3) is 6.07. The zero-order valence-corrected chi connectivity index (χ0v) is 15.6. The van der Waals surface area contributed by atoms with E-state index in [4.69, 9.17) is 0 Å². The van der Waals surface area contributed by atoms with Gasteiger partial charge >= 0.3 is 0 Å². The number of aromatic nitrogens is 1. The van der Waals surface area contributed by atoms with Crippen LogP contribution in [0.25, 0.3) is 0 Å². The number of hydrogen-bond acceptors (Lipinski definition) is 5. The number of carbonyl (C=O) groups excluding carboxylic acids is 1. The van der Waals surface area contributed by atoms with E-state index < -0.39 is 0 Å². The van der Waals surface area contributed by atoms with Crippen molar-refractivity contribution < 1.29 is 4.79 Å². The fraction of sp³-hybridized carbons (Fsp3) is 0.667. The van der Waals surface area contributed by atoms with Crippen LogP contribution in [0.3, 0.4) is 0 Å². The lowest BCUT2D eigenvalue weighted by Gasteiger charge is -2.24. The average Bonchev–Trinajstić information content (AvgIpc) is 3.02. The fourth-order valence-electron chi connectivity index (χ4n) is 2.98. The Morgan fingerprint density at radius 3 is 2.96 bits per heavy atom. The van der Waals surface area contributed by atoms with Gasteiger partial charge in [0, 0.05) is 49.2 Å². The SMILES string of the molecule is CC[C@H](C)[C@H](NCCc1ccccn1)C(=O)NCC1CC(S)CN1. The van der Waals surface area contributed by atoms with Gasteiger partial charge in [0.1, 0.15) is 0 Å². The van der Waals surface area contributed by atoms with E-state index >= 15 is 0 Å². The maximum atomic E-state index is 12.6. The Kier molecular flexibility index (Phi) is 8.02. The van der Waals surface area contributed by atoms with Gasteiger partial charge in [0.2, 0.25) is 5.91 Å². The maximum absolute atomic E-state index is 12.6. The molecule has 3 N–H and O–H groups in total. The predicted octanol–water partition coefficient (Wildman–Crippen LogP) is 1.40. The zero-order valence-electron chi connectivity index (χ0n) is 14.7. The molecule has 1 aliphatic rings. The number of carbonyl (C=O) groups is 1. The number of amides is 1. The molecule has 2 unspecified atom stereocenters. The van der Waals surface area contributed by atoms with Crippen molar-refractivity contribution >= 4 is 18.5 Å². The molecule has 6 heteroatoms. The summed E-state index contributed by atoms with van der Waals surface area (Å²) in [5.74, 6) is 0.387. The summed E-state index contributed by atoms with van der Waals surface area (Å²) in [6.07, 6.45) is 4.60. The van der Waals surface area contributed by atoms with E-state index in [0.29, 0.717) is 23.8 Å². The van der Waals surface area contributed by atoms with Gasteiger partial charge in [0.25, 0.3) is 0 Å². The highest BCUT2D eigenvalue weighted by Crippen LogP contribution is 2.12. The minimum atomic E-state index is -0.160. The number of hydrogen-bond donors (Lipinski definition) is 4. The molecular weight excluding hydrogens is 320 g/mol. The molecule has 24 heavy (non-hydrogen) atoms. The lowest BCUT2D eigenvalue weighted by atomic mass is 9.98.